The third kappa shape index (κ3) is 3.74. The molecule has 126 valence electrons. The lowest BCUT2D eigenvalue weighted by molar-refractivity contribution is 0.0999. The number of hydrogen-bond acceptors (Lipinski definition) is 3. The minimum absolute atomic E-state index is 0.0463. The van der Waals surface area contributed by atoms with E-state index in [1.165, 1.54) is 0 Å². The van der Waals surface area contributed by atoms with Gasteiger partial charge in [0.2, 0.25) is 5.91 Å². The van der Waals surface area contributed by atoms with Gasteiger partial charge in [-0.15, -0.1) is 0 Å². The van der Waals surface area contributed by atoms with Crippen molar-refractivity contribution in [3.8, 4) is 11.3 Å². The van der Waals surface area contributed by atoms with Gasteiger partial charge in [0.25, 0.3) is 0 Å². The largest absolute Gasteiger partial charge is 0.384 e. The highest BCUT2D eigenvalue weighted by Gasteiger charge is 2.09. The van der Waals surface area contributed by atoms with Gasteiger partial charge in [-0.3, -0.25) is 10.2 Å². The van der Waals surface area contributed by atoms with Gasteiger partial charge in [0.1, 0.15) is 11.7 Å². The van der Waals surface area contributed by atoms with E-state index in [9.17, 15) is 4.79 Å². The Morgan fingerprint density at radius 2 is 1.76 bits per heavy atom. The van der Waals surface area contributed by atoms with Gasteiger partial charge in [-0.05, 0) is 23.6 Å². The van der Waals surface area contributed by atoms with E-state index in [0.29, 0.717) is 24.0 Å². The summed E-state index contributed by atoms with van der Waals surface area (Å²) in [4.78, 5) is 19.2. The van der Waals surface area contributed by atoms with E-state index < -0.39 is 5.91 Å². The van der Waals surface area contributed by atoms with Crippen LogP contribution in [0.5, 0.6) is 0 Å². The van der Waals surface area contributed by atoms with Gasteiger partial charge in [0.15, 0.2) is 0 Å². The molecule has 1 aromatic heterocycles. The number of nitrogens with two attached hydrogens (primary N) is 2. The van der Waals surface area contributed by atoms with Gasteiger partial charge in [-0.2, -0.15) is 0 Å². The molecule has 0 radical (unpaired) electrons. The number of primary amides is 1. The average molecular weight is 333 g/mol. The molecule has 0 saturated carbocycles. The number of aromatic nitrogens is 2. The molecule has 3 rings (SSSR count). The Hall–Kier alpha value is -3.41. The molecule has 6 N–H and O–H groups in total. The fourth-order valence-corrected chi connectivity index (χ4v) is 2.70. The van der Waals surface area contributed by atoms with Gasteiger partial charge in [0.05, 0.1) is 11.9 Å². The van der Waals surface area contributed by atoms with Crippen molar-refractivity contribution in [3.63, 3.8) is 0 Å². The number of benzene rings is 2. The van der Waals surface area contributed by atoms with Gasteiger partial charge < -0.3 is 16.5 Å². The van der Waals surface area contributed by atoms with Crippen molar-refractivity contribution in [2.75, 3.05) is 0 Å². The zero-order chi connectivity index (χ0) is 17.8. The summed E-state index contributed by atoms with van der Waals surface area (Å²) in [5.41, 5.74) is 14.9. The van der Waals surface area contributed by atoms with Crippen molar-refractivity contribution in [1.29, 1.82) is 5.41 Å². The second-order valence-electron chi connectivity index (χ2n) is 5.76. The first-order chi connectivity index (χ1) is 12.0. The van der Waals surface area contributed by atoms with Gasteiger partial charge in [-0.1, -0.05) is 42.5 Å². The Morgan fingerprint density at radius 1 is 1.04 bits per heavy atom. The van der Waals surface area contributed by atoms with Crippen LogP contribution in [0.15, 0.2) is 54.7 Å². The maximum Gasteiger partial charge on any atom is 0.248 e. The van der Waals surface area contributed by atoms with Crippen molar-refractivity contribution in [3.05, 3.63) is 77.2 Å². The molecule has 0 bridgehead atoms. The highest BCUT2D eigenvalue weighted by molar-refractivity contribution is 5.95. The van der Waals surface area contributed by atoms with E-state index in [2.05, 4.69) is 9.97 Å². The van der Waals surface area contributed by atoms with E-state index in [4.69, 9.17) is 16.9 Å². The summed E-state index contributed by atoms with van der Waals surface area (Å²) in [7, 11) is 0. The molecule has 0 saturated heterocycles. The highest BCUT2D eigenvalue weighted by Crippen LogP contribution is 2.19. The summed E-state index contributed by atoms with van der Waals surface area (Å²) >= 11 is 0. The van der Waals surface area contributed by atoms with Gasteiger partial charge >= 0.3 is 0 Å². The number of amidine groups is 1. The Morgan fingerprint density at radius 3 is 2.44 bits per heavy atom. The Kier molecular flexibility index (Phi) is 4.61. The van der Waals surface area contributed by atoms with Crippen LogP contribution in [0.25, 0.3) is 11.3 Å². The molecule has 0 unspecified atom stereocenters. The quantitative estimate of drug-likeness (QED) is 0.409. The number of carbonyl (C=O) groups is 1. The second kappa shape index (κ2) is 7.00. The number of amides is 1. The van der Waals surface area contributed by atoms with Gasteiger partial charge in [0, 0.05) is 17.5 Å². The fraction of sp³-hybridized carbons (Fsp3) is 0.105. The van der Waals surface area contributed by atoms with Crippen LogP contribution in [0.4, 0.5) is 0 Å². The minimum atomic E-state index is -0.415. The van der Waals surface area contributed by atoms with Crippen molar-refractivity contribution in [1.82, 2.24) is 9.97 Å². The van der Waals surface area contributed by atoms with Crippen molar-refractivity contribution in [2.45, 2.75) is 12.8 Å². The van der Waals surface area contributed by atoms with Crippen LogP contribution in [0, 0.1) is 5.41 Å². The summed E-state index contributed by atoms with van der Waals surface area (Å²) in [5, 5.41) is 7.42. The first-order valence-electron chi connectivity index (χ1n) is 7.91. The smallest absolute Gasteiger partial charge is 0.248 e. The molecule has 2 aromatic carbocycles. The van der Waals surface area contributed by atoms with E-state index >= 15 is 0 Å². The Bertz CT molecular complexity index is 912. The molecule has 0 fully saturated rings. The zero-order valence-electron chi connectivity index (χ0n) is 13.6. The summed E-state index contributed by atoms with van der Waals surface area (Å²) in [6.45, 7) is 0. The SMILES string of the molecule is N=C(N)c1ccc(-c2cnc(CCc3ccccc3C(N)=O)[nH]2)cc1. The molecular formula is C19H19N5O. The van der Waals surface area contributed by atoms with E-state index in [1.54, 1.807) is 30.5 Å². The first kappa shape index (κ1) is 16.4. The molecule has 0 aliphatic carbocycles. The van der Waals surface area contributed by atoms with Crippen LogP contribution in [0.3, 0.4) is 0 Å². The topological polar surface area (TPSA) is 122 Å². The number of rotatable bonds is 6. The Balaban J connectivity index is 1.72. The summed E-state index contributed by atoms with van der Waals surface area (Å²) < 4.78 is 0. The van der Waals surface area contributed by atoms with E-state index in [0.717, 1.165) is 22.6 Å². The predicted octanol–water partition coefficient (Wildman–Crippen LogP) is 2.24. The average Bonchev–Trinajstić information content (AvgIpc) is 3.09. The van der Waals surface area contributed by atoms with Crippen LogP contribution < -0.4 is 11.5 Å². The summed E-state index contributed by atoms with van der Waals surface area (Å²) in [6, 6.07) is 14.8. The molecule has 3 aromatic rings. The van der Waals surface area contributed by atoms with Crippen molar-refractivity contribution in [2.24, 2.45) is 11.5 Å². The number of nitrogen functional groups attached to an aromatic ring is 1. The van der Waals surface area contributed by atoms with Crippen molar-refractivity contribution >= 4 is 11.7 Å². The lowest BCUT2D eigenvalue weighted by Gasteiger charge is -2.05. The number of H-pyrrole nitrogens is 1. The second-order valence-corrected chi connectivity index (χ2v) is 5.76. The summed E-state index contributed by atoms with van der Waals surface area (Å²) in [5.74, 6) is 0.469. The number of carbonyl (C=O) groups excluding carboxylic acids is 1. The normalized spacial score (nSPS) is 10.6. The minimum Gasteiger partial charge on any atom is -0.384 e. The van der Waals surface area contributed by atoms with Crippen LogP contribution in [0.1, 0.15) is 27.3 Å². The van der Waals surface area contributed by atoms with Crippen LogP contribution >= 0.6 is 0 Å². The standard InChI is InChI=1S/C19H19N5O/c20-18(21)14-7-5-13(6-8-14)16-11-23-17(24-16)10-9-12-3-1-2-4-15(12)19(22)25/h1-8,11H,9-10H2,(H3,20,21)(H2,22,25)(H,23,24). The first-order valence-corrected chi connectivity index (χ1v) is 7.91. The Labute approximate surface area is 145 Å². The molecule has 6 nitrogen and oxygen atoms in total. The van der Waals surface area contributed by atoms with Crippen LogP contribution in [-0.4, -0.2) is 21.7 Å². The third-order valence-electron chi connectivity index (χ3n) is 4.05. The number of nitrogens with zero attached hydrogens (tertiary/aromatic N) is 1. The fourth-order valence-electron chi connectivity index (χ4n) is 2.70. The van der Waals surface area contributed by atoms with Crippen LogP contribution in [-0.2, 0) is 12.8 Å². The maximum atomic E-state index is 11.5. The molecule has 25 heavy (non-hydrogen) atoms. The maximum absolute atomic E-state index is 11.5. The third-order valence-corrected chi connectivity index (χ3v) is 4.05. The molecule has 0 aliphatic heterocycles. The predicted molar refractivity (Wildman–Crippen MR) is 97.4 cm³/mol. The molecule has 0 atom stereocenters. The molecule has 1 heterocycles. The van der Waals surface area contributed by atoms with E-state index in [-0.39, 0.29) is 5.84 Å². The number of aromatic amines is 1. The molecule has 6 heteroatoms. The molecule has 0 aliphatic rings. The van der Waals surface area contributed by atoms with Gasteiger partial charge in [-0.25, -0.2) is 4.98 Å². The van der Waals surface area contributed by atoms with Crippen molar-refractivity contribution < 1.29 is 4.79 Å². The number of nitrogens with one attached hydrogen (secondary N) is 2. The monoisotopic (exact) mass is 333 g/mol. The summed E-state index contributed by atoms with van der Waals surface area (Å²) in [6.07, 6.45) is 3.13. The lowest BCUT2D eigenvalue weighted by atomic mass is 10.0. The molecule has 1 amide bonds. The number of aryl methyl sites for hydroxylation is 2. The molecule has 0 spiro atoms. The van der Waals surface area contributed by atoms with Crippen LogP contribution in [0.2, 0.25) is 0 Å². The number of hydrogen-bond donors (Lipinski definition) is 4. The highest BCUT2D eigenvalue weighted by atomic mass is 16.1. The number of imidazole rings is 1. The molecular weight excluding hydrogens is 314 g/mol. The zero-order valence-corrected chi connectivity index (χ0v) is 13.6. The van der Waals surface area contributed by atoms with E-state index in [1.807, 2.05) is 24.3 Å². The lowest BCUT2D eigenvalue weighted by Crippen LogP contribution is -2.14.